The van der Waals surface area contributed by atoms with Crippen LogP contribution in [0.4, 0.5) is 5.82 Å². The van der Waals surface area contributed by atoms with Crippen LogP contribution >= 0.6 is 11.3 Å². The van der Waals surface area contributed by atoms with Crippen molar-refractivity contribution in [3.63, 3.8) is 0 Å². The molecule has 2 aromatic rings. The lowest BCUT2D eigenvalue weighted by Crippen LogP contribution is -2.36. The molecule has 3 rings (SSSR count). The summed E-state index contributed by atoms with van der Waals surface area (Å²) in [4.78, 5) is 13.7. The fraction of sp³-hybridized carbons (Fsp3) is 0.529. The molecule has 0 aromatic carbocycles. The fourth-order valence-corrected chi connectivity index (χ4v) is 4.27. The van der Waals surface area contributed by atoms with E-state index < -0.39 is 0 Å². The van der Waals surface area contributed by atoms with Crippen LogP contribution in [0.15, 0.2) is 23.6 Å². The van der Waals surface area contributed by atoms with Gasteiger partial charge < -0.3 is 11.1 Å². The number of rotatable bonds is 5. The van der Waals surface area contributed by atoms with E-state index in [2.05, 4.69) is 27.9 Å². The van der Waals surface area contributed by atoms with Gasteiger partial charge in [-0.15, -0.1) is 11.3 Å². The number of carbonyl (C=O) groups is 1. The van der Waals surface area contributed by atoms with Gasteiger partial charge in [0.05, 0.1) is 11.7 Å². The summed E-state index contributed by atoms with van der Waals surface area (Å²) in [7, 11) is 0. The predicted molar refractivity (Wildman–Crippen MR) is 93.2 cm³/mol. The van der Waals surface area contributed by atoms with Gasteiger partial charge in [0.2, 0.25) is 5.91 Å². The van der Waals surface area contributed by atoms with E-state index >= 15 is 0 Å². The molecule has 0 unspecified atom stereocenters. The molecular formula is C17H24N4OS. The van der Waals surface area contributed by atoms with Gasteiger partial charge in [0, 0.05) is 10.9 Å². The molecule has 1 saturated carbocycles. The molecule has 124 valence electrons. The van der Waals surface area contributed by atoms with Crippen molar-refractivity contribution in [2.45, 2.75) is 51.6 Å². The summed E-state index contributed by atoms with van der Waals surface area (Å²) in [6, 6.07) is 6.07. The van der Waals surface area contributed by atoms with E-state index in [1.807, 2.05) is 6.92 Å². The first kappa shape index (κ1) is 16.1. The average molecular weight is 332 g/mol. The smallest absolute Gasteiger partial charge is 0.242 e. The molecule has 1 atom stereocenters. The molecule has 0 saturated heterocycles. The maximum Gasteiger partial charge on any atom is 0.242 e. The SMILES string of the molecule is Cc1cc(N)n(CC(=O)N[C@H](c2cccs2)C2CCCCC2)n1. The monoisotopic (exact) mass is 332 g/mol. The van der Waals surface area contributed by atoms with Gasteiger partial charge in [-0.3, -0.25) is 4.79 Å². The lowest BCUT2D eigenvalue weighted by Gasteiger charge is -2.30. The van der Waals surface area contributed by atoms with Crippen LogP contribution < -0.4 is 11.1 Å². The number of nitrogens with zero attached hydrogens (tertiary/aromatic N) is 2. The molecule has 6 heteroatoms. The molecule has 0 bridgehead atoms. The lowest BCUT2D eigenvalue weighted by atomic mass is 9.83. The summed E-state index contributed by atoms with van der Waals surface area (Å²) < 4.78 is 1.57. The number of amides is 1. The molecular weight excluding hydrogens is 308 g/mol. The van der Waals surface area contributed by atoms with Gasteiger partial charge in [-0.1, -0.05) is 25.3 Å². The molecule has 5 nitrogen and oxygen atoms in total. The third-order valence-corrected chi connectivity index (χ3v) is 5.47. The number of hydrogen-bond donors (Lipinski definition) is 2. The largest absolute Gasteiger partial charge is 0.384 e. The molecule has 1 aliphatic carbocycles. The maximum atomic E-state index is 12.5. The summed E-state index contributed by atoms with van der Waals surface area (Å²) in [6.07, 6.45) is 6.20. The number of nitrogen functional groups attached to an aromatic ring is 1. The van der Waals surface area contributed by atoms with Gasteiger partial charge >= 0.3 is 0 Å². The molecule has 0 radical (unpaired) electrons. The van der Waals surface area contributed by atoms with E-state index in [9.17, 15) is 4.79 Å². The summed E-state index contributed by atoms with van der Waals surface area (Å²) >= 11 is 1.72. The topological polar surface area (TPSA) is 72.9 Å². The molecule has 1 fully saturated rings. The Labute approximate surface area is 140 Å². The normalized spacial score (nSPS) is 17.1. The number of aryl methyl sites for hydroxylation is 1. The Morgan fingerprint density at radius 2 is 2.26 bits per heavy atom. The van der Waals surface area contributed by atoms with E-state index in [0.29, 0.717) is 11.7 Å². The van der Waals surface area contributed by atoms with Crippen LogP contribution in [0, 0.1) is 12.8 Å². The molecule has 23 heavy (non-hydrogen) atoms. The van der Waals surface area contributed by atoms with E-state index in [0.717, 1.165) is 5.69 Å². The van der Waals surface area contributed by atoms with Crippen molar-refractivity contribution >= 4 is 23.1 Å². The number of nitrogens with two attached hydrogens (primary N) is 1. The summed E-state index contributed by atoms with van der Waals surface area (Å²) in [6.45, 7) is 2.05. The number of hydrogen-bond acceptors (Lipinski definition) is 4. The first-order valence-electron chi connectivity index (χ1n) is 8.26. The lowest BCUT2D eigenvalue weighted by molar-refractivity contribution is -0.123. The van der Waals surface area contributed by atoms with Crippen molar-refractivity contribution in [2.75, 3.05) is 5.73 Å². The van der Waals surface area contributed by atoms with E-state index in [4.69, 9.17) is 5.73 Å². The molecule has 2 aromatic heterocycles. The van der Waals surface area contributed by atoms with Gasteiger partial charge in [0.25, 0.3) is 0 Å². The second-order valence-corrected chi connectivity index (χ2v) is 7.31. The minimum atomic E-state index is -0.0243. The molecule has 0 spiro atoms. The molecule has 0 aliphatic heterocycles. The number of nitrogens with one attached hydrogen (secondary N) is 1. The summed E-state index contributed by atoms with van der Waals surface area (Å²) in [5, 5.41) is 9.57. The van der Waals surface area contributed by atoms with Crippen LogP contribution in [0.3, 0.4) is 0 Å². The highest BCUT2D eigenvalue weighted by Gasteiger charge is 2.27. The zero-order valence-corrected chi connectivity index (χ0v) is 14.3. The Morgan fingerprint density at radius 3 is 2.87 bits per heavy atom. The molecule has 1 aliphatic rings. The summed E-state index contributed by atoms with van der Waals surface area (Å²) in [5.74, 6) is 1.04. The van der Waals surface area contributed by atoms with Crippen molar-refractivity contribution in [1.29, 1.82) is 0 Å². The molecule has 1 amide bonds. The third kappa shape index (κ3) is 3.93. The fourth-order valence-electron chi connectivity index (χ4n) is 3.40. The van der Waals surface area contributed by atoms with Crippen LogP contribution in [-0.4, -0.2) is 15.7 Å². The first-order chi connectivity index (χ1) is 11.1. The highest BCUT2D eigenvalue weighted by atomic mass is 32.1. The Morgan fingerprint density at radius 1 is 1.48 bits per heavy atom. The minimum absolute atomic E-state index is 0.0243. The first-order valence-corrected chi connectivity index (χ1v) is 9.14. The zero-order chi connectivity index (χ0) is 16.2. The van der Waals surface area contributed by atoms with Crippen molar-refractivity contribution in [3.05, 3.63) is 34.2 Å². The van der Waals surface area contributed by atoms with Gasteiger partial charge in [-0.2, -0.15) is 5.10 Å². The van der Waals surface area contributed by atoms with Crippen LogP contribution in [0.1, 0.15) is 48.7 Å². The van der Waals surface area contributed by atoms with E-state index in [1.54, 1.807) is 22.1 Å². The maximum absolute atomic E-state index is 12.5. The molecule has 2 heterocycles. The third-order valence-electron chi connectivity index (χ3n) is 4.51. The van der Waals surface area contributed by atoms with Gasteiger partial charge in [0.1, 0.15) is 12.4 Å². The number of anilines is 1. The van der Waals surface area contributed by atoms with E-state index in [1.165, 1.54) is 37.0 Å². The Balaban J connectivity index is 1.70. The summed E-state index contributed by atoms with van der Waals surface area (Å²) in [5.41, 5.74) is 6.71. The number of carbonyl (C=O) groups excluding carboxylic acids is 1. The number of aromatic nitrogens is 2. The Kier molecular flexibility index (Phi) is 5.00. The second-order valence-electron chi connectivity index (χ2n) is 6.33. The minimum Gasteiger partial charge on any atom is -0.384 e. The second kappa shape index (κ2) is 7.17. The van der Waals surface area contributed by atoms with Gasteiger partial charge in [0.15, 0.2) is 0 Å². The van der Waals surface area contributed by atoms with Crippen molar-refractivity contribution < 1.29 is 4.79 Å². The van der Waals surface area contributed by atoms with E-state index in [-0.39, 0.29) is 18.5 Å². The van der Waals surface area contributed by atoms with Crippen LogP contribution in [-0.2, 0) is 11.3 Å². The standard InChI is InChI=1S/C17H24N4OS/c1-12-10-15(18)21(20-12)11-16(22)19-17(14-8-5-9-23-14)13-6-3-2-4-7-13/h5,8-10,13,17H,2-4,6-7,11,18H2,1H3,(H,19,22)/t17-/m0/s1. The van der Waals surface area contributed by atoms with Crippen molar-refractivity contribution in [1.82, 2.24) is 15.1 Å². The van der Waals surface area contributed by atoms with Crippen molar-refractivity contribution in [3.8, 4) is 0 Å². The average Bonchev–Trinajstić information content (AvgIpc) is 3.16. The highest BCUT2D eigenvalue weighted by molar-refractivity contribution is 7.10. The zero-order valence-electron chi connectivity index (χ0n) is 13.5. The highest BCUT2D eigenvalue weighted by Crippen LogP contribution is 2.36. The van der Waals surface area contributed by atoms with Crippen LogP contribution in [0.2, 0.25) is 0 Å². The number of thiophene rings is 1. The van der Waals surface area contributed by atoms with Gasteiger partial charge in [-0.25, -0.2) is 4.68 Å². The van der Waals surface area contributed by atoms with Crippen molar-refractivity contribution in [2.24, 2.45) is 5.92 Å². The Bertz CT molecular complexity index is 644. The molecule has 3 N–H and O–H groups in total. The van der Waals surface area contributed by atoms with Gasteiger partial charge in [-0.05, 0) is 37.1 Å². The quantitative estimate of drug-likeness (QED) is 0.882. The Hall–Kier alpha value is -1.82. The van der Waals surface area contributed by atoms with Crippen LogP contribution in [0.25, 0.3) is 0 Å². The predicted octanol–water partition coefficient (Wildman–Crippen LogP) is 3.27. The van der Waals surface area contributed by atoms with Crippen LogP contribution in [0.5, 0.6) is 0 Å².